The highest BCUT2D eigenvalue weighted by molar-refractivity contribution is 4.88. The Bertz CT molecular complexity index is 246. The summed E-state index contributed by atoms with van der Waals surface area (Å²) in [7, 11) is 0. The molecule has 0 saturated carbocycles. The second-order valence-corrected chi connectivity index (χ2v) is 6.68. The van der Waals surface area contributed by atoms with E-state index in [2.05, 4.69) is 20.4 Å². The zero-order valence-corrected chi connectivity index (χ0v) is 14.0. The van der Waals surface area contributed by atoms with Gasteiger partial charge in [-0.25, -0.2) is 0 Å². The van der Waals surface area contributed by atoms with E-state index in [-0.39, 0.29) is 0 Å². The SMILES string of the molecule is C=C(C)CCCCC1OC1CCCCCCCCCC. The molecule has 1 heteroatoms. The second kappa shape index (κ2) is 11.4. The fourth-order valence-corrected chi connectivity index (χ4v) is 2.94. The molecule has 0 radical (unpaired) electrons. The molecule has 20 heavy (non-hydrogen) atoms. The van der Waals surface area contributed by atoms with Crippen LogP contribution in [0.2, 0.25) is 0 Å². The van der Waals surface area contributed by atoms with Crippen LogP contribution in [0.1, 0.15) is 97.3 Å². The van der Waals surface area contributed by atoms with Crippen LogP contribution in [-0.2, 0) is 4.74 Å². The van der Waals surface area contributed by atoms with Crippen LogP contribution in [0.5, 0.6) is 0 Å². The highest BCUT2D eigenvalue weighted by Crippen LogP contribution is 2.31. The van der Waals surface area contributed by atoms with Crippen molar-refractivity contribution in [2.75, 3.05) is 0 Å². The van der Waals surface area contributed by atoms with Gasteiger partial charge in [0.25, 0.3) is 0 Å². The van der Waals surface area contributed by atoms with Gasteiger partial charge in [0.2, 0.25) is 0 Å². The molecular weight excluding hydrogens is 244 g/mol. The molecule has 2 unspecified atom stereocenters. The quantitative estimate of drug-likeness (QED) is 0.203. The van der Waals surface area contributed by atoms with Crippen LogP contribution in [-0.4, -0.2) is 12.2 Å². The van der Waals surface area contributed by atoms with Crippen molar-refractivity contribution >= 4 is 0 Å². The summed E-state index contributed by atoms with van der Waals surface area (Å²) in [5.74, 6) is 0. The molecule has 1 aliphatic heterocycles. The maximum atomic E-state index is 5.76. The van der Waals surface area contributed by atoms with Crippen molar-refractivity contribution in [3.63, 3.8) is 0 Å². The fourth-order valence-electron chi connectivity index (χ4n) is 2.94. The van der Waals surface area contributed by atoms with Crippen LogP contribution in [0.25, 0.3) is 0 Å². The minimum Gasteiger partial charge on any atom is -0.370 e. The number of epoxide rings is 1. The zero-order chi connectivity index (χ0) is 14.6. The first-order valence-corrected chi connectivity index (χ1v) is 9.04. The molecular formula is C19H36O. The summed E-state index contributed by atoms with van der Waals surface area (Å²) >= 11 is 0. The molecule has 1 heterocycles. The highest BCUT2D eigenvalue weighted by atomic mass is 16.6. The van der Waals surface area contributed by atoms with E-state index in [1.54, 1.807) is 0 Å². The number of hydrogen-bond donors (Lipinski definition) is 0. The summed E-state index contributed by atoms with van der Waals surface area (Å²) in [6, 6.07) is 0. The van der Waals surface area contributed by atoms with Crippen LogP contribution in [0, 0.1) is 0 Å². The lowest BCUT2D eigenvalue weighted by Crippen LogP contribution is -1.94. The Morgan fingerprint density at radius 3 is 1.85 bits per heavy atom. The van der Waals surface area contributed by atoms with E-state index in [0.29, 0.717) is 12.2 Å². The first kappa shape index (κ1) is 17.8. The van der Waals surface area contributed by atoms with E-state index in [0.717, 1.165) is 0 Å². The van der Waals surface area contributed by atoms with Crippen LogP contribution < -0.4 is 0 Å². The Hall–Kier alpha value is -0.300. The number of allylic oxidation sites excluding steroid dienone is 1. The van der Waals surface area contributed by atoms with E-state index in [1.807, 2.05) is 0 Å². The second-order valence-electron chi connectivity index (χ2n) is 6.68. The maximum Gasteiger partial charge on any atom is 0.0841 e. The van der Waals surface area contributed by atoms with Gasteiger partial charge < -0.3 is 4.74 Å². The summed E-state index contributed by atoms with van der Waals surface area (Å²) in [5, 5.41) is 0. The molecule has 118 valence electrons. The van der Waals surface area contributed by atoms with Gasteiger partial charge in [-0.1, -0.05) is 70.3 Å². The number of unbranched alkanes of at least 4 members (excludes halogenated alkanes) is 8. The summed E-state index contributed by atoms with van der Waals surface area (Å²) in [5.41, 5.74) is 1.32. The van der Waals surface area contributed by atoms with Crippen LogP contribution in [0.15, 0.2) is 12.2 Å². The van der Waals surface area contributed by atoms with Crippen LogP contribution >= 0.6 is 0 Å². The van der Waals surface area contributed by atoms with Crippen molar-refractivity contribution in [1.82, 2.24) is 0 Å². The van der Waals surface area contributed by atoms with Crippen molar-refractivity contribution in [2.45, 2.75) is 110 Å². The molecule has 1 fully saturated rings. The Labute approximate surface area is 127 Å². The molecule has 1 nitrogen and oxygen atoms in total. The first-order valence-electron chi connectivity index (χ1n) is 9.04. The predicted octanol–water partition coefficient (Wildman–Crippen LogP) is 6.42. The van der Waals surface area contributed by atoms with Crippen molar-refractivity contribution in [3.05, 3.63) is 12.2 Å². The summed E-state index contributed by atoms with van der Waals surface area (Å²) < 4.78 is 5.76. The lowest BCUT2D eigenvalue weighted by molar-refractivity contribution is 0.348. The fraction of sp³-hybridized carbons (Fsp3) is 0.895. The Morgan fingerprint density at radius 1 is 0.800 bits per heavy atom. The molecule has 1 saturated heterocycles. The Kier molecular flexibility index (Phi) is 10.1. The minimum atomic E-state index is 0.602. The predicted molar refractivity (Wildman–Crippen MR) is 89.2 cm³/mol. The average molecular weight is 280 g/mol. The lowest BCUT2D eigenvalue weighted by atomic mass is 10.0. The molecule has 0 amide bonds. The van der Waals surface area contributed by atoms with E-state index in [9.17, 15) is 0 Å². The molecule has 0 aromatic heterocycles. The summed E-state index contributed by atoms with van der Waals surface area (Å²) in [6.45, 7) is 8.36. The van der Waals surface area contributed by atoms with E-state index in [4.69, 9.17) is 4.74 Å². The number of ether oxygens (including phenoxy) is 1. The third-order valence-electron chi connectivity index (χ3n) is 4.37. The molecule has 1 rings (SSSR count). The average Bonchev–Trinajstić information content (AvgIpc) is 3.16. The zero-order valence-electron chi connectivity index (χ0n) is 14.0. The summed E-state index contributed by atoms with van der Waals surface area (Å²) in [6.07, 6.45) is 18.9. The largest absolute Gasteiger partial charge is 0.370 e. The van der Waals surface area contributed by atoms with E-state index in [1.165, 1.54) is 89.0 Å². The molecule has 2 atom stereocenters. The molecule has 0 spiro atoms. The maximum absolute atomic E-state index is 5.76. The van der Waals surface area contributed by atoms with Crippen molar-refractivity contribution in [1.29, 1.82) is 0 Å². The van der Waals surface area contributed by atoms with Gasteiger partial charge in [0.05, 0.1) is 12.2 Å². The van der Waals surface area contributed by atoms with Crippen molar-refractivity contribution in [2.24, 2.45) is 0 Å². The Balaban J connectivity index is 1.77. The standard InChI is InChI=1S/C19H36O/c1-4-5-6-7-8-9-10-11-15-18-19(20-18)16-13-12-14-17(2)3/h18-19H,2,4-16H2,1,3H3. The van der Waals surface area contributed by atoms with Gasteiger partial charge in [0, 0.05) is 0 Å². The van der Waals surface area contributed by atoms with Gasteiger partial charge in [-0.15, -0.1) is 6.58 Å². The smallest absolute Gasteiger partial charge is 0.0841 e. The monoisotopic (exact) mass is 280 g/mol. The molecule has 0 aromatic carbocycles. The van der Waals surface area contributed by atoms with Gasteiger partial charge >= 0.3 is 0 Å². The van der Waals surface area contributed by atoms with E-state index < -0.39 is 0 Å². The lowest BCUT2D eigenvalue weighted by Gasteiger charge is -2.01. The minimum absolute atomic E-state index is 0.602. The first-order chi connectivity index (χ1) is 9.74. The van der Waals surface area contributed by atoms with E-state index >= 15 is 0 Å². The van der Waals surface area contributed by atoms with Crippen molar-refractivity contribution < 1.29 is 4.74 Å². The third-order valence-corrected chi connectivity index (χ3v) is 4.37. The third kappa shape index (κ3) is 9.58. The van der Waals surface area contributed by atoms with Gasteiger partial charge in [-0.3, -0.25) is 0 Å². The van der Waals surface area contributed by atoms with Crippen molar-refractivity contribution in [3.8, 4) is 0 Å². The summed E-state index contributed by atoms with van der Waals surface area (Å²) in [4.78, 5) is 0. The Morgan fingerprint density at radius 2 is 1.30 bits per heavy atom. The highest BCUT2D eigenvalue weighted by Gasteiger charge is 2.36. The van der Waals surface area contributed by atoms with Gasteiger partial charge in [0.1, 0.15) is 0 Å². The van der Waals surface area contributed by atoms with Crippen LogP contribution in [0.3, 0.4) is 0 Å². The van der Waals surface area contributed by atoms with Gasteiger partial charge in [0.15, 0.2) is 0 Å². The molecule has 0 N–H and O–H groups in total. The topological polar surface area (TPSA) is 12.5 Å². The number of hydrogen-bond acceptors (Lipinski definition) is 1. The molecule has 0 aromatic rings. The normalized spacial score (nSPS) is 21.1. The molecule has 1 aliphatic rings. The van der Waals surface area contributed by atoms with Gasteiger partial charge in [-0.2, -0.15) is 0 Å². The number of rotatable bonds is 14. The molecule has 0 bridgehead atoms. The van der Waals surface area contributed by atoms with Crippen LogP contribution in [0.4, 0.5) is 0 Å². The van der Waals surface area contributed by atoms with Gasteiger partial charge in [-0.05, 0) is 32.6 Å². The molecule has 0 aliphatic carbocycles.